The molecule has 2 aliphatic heterocycles. The van der Waals surface area contributed by atoms with Crippen molar-refractivity contribution in [1.82, 2.24) is 5.32 Å². The van der Waals surface area contributed by atoms with Gasteiger partial charge in [-0.15, -0.1) is 0 Å². The van der Waals surface area contributed by atoms with E-state index in [0.29, 0.717) is 6.61 Å². The van der Waals surface area contributed by atoms with Gasteiger partial charge in [-0.25, -0.2) is 0 Å². The van der Waals surface area contributed by atoms with E-state index in [1.165, 1.54) is 11.1 Å². The molecule has 0 radical (unpaired) electrons. The molecule has 0 aromatic heterocycles. The quantitative estimate of drug-likeness (QED) is 0.912. The van der Waals surface area contributed by atoms with Crippen LogP contribution < -0.4 is 19.5 Å². The predicted octanol–water partition coefficient (Wildman–Crippen LogP) is 4.01. The zero-order valence-electron chi connectivity index (χ0n) is 13.8. The van der Waals surface area contributed by atoms with E-state index >= 15 is 0 Å². The monoisotopic (exact) mass is 345 g/mol. The molecule has 0 spiro atoms. The van der Waals surface area contributed by atoms with Crippen LogP contribution in [-0.2, 0) is 6.42 Å². The van der Waals surface area contributed by atoms with E-state index in [9.17, 15) is 0 Å². The summed E-state index contributed by atoms with van der Waals surface area (Å²) in [5.41, 5.74) is 4.60. The Morgan fingerprint density at radius 1 is 1.17 bits per heavy atom. The Hall–Kier alpha value is -1.91. The van der Waals surface area contributed by atoms with Crippen LogP contribution in [0.4, 0.5) is 0 Å². The SMILES string of the molecule is CCOc1c(C)cc(Cl)cc1C1NCCc2cc3c(cc21)OCO3. The third kappa shape index (κ3) is 2.60. The van der Waals surface area contributed by atoms with Gasteiger partial charge < -0.3 is 19.5 Å². The van der Waals surface area contributed by atoms with E-state index in [1.54, 1.807) is 0 Å². The maximum Gasteiger partial charge on any atom is 0.231 e. The van der Waals surface area contributed by atoms with Gasteiger partial charge in [-0.2, -0.15) is 0 Å². The maximum absolute atomic E-state index is 6.33. The third-order valence-electron chi connectivity index (χ3n) is 4.56. The first-order valence-corrected chi connectivity index (χ1v) is 8.63. The van der Waals surface area contributed by atoms with E-state index in [4.69, 9.17) is 25.8 Å². The number of ether oxygens (including phenoxy) is 3. The molecular weight excluding hydrogens is 326 g/mol. The van der Waals surface area contributed by atoms with E-state index in [1.807, 2.05) is 26.0 Å². The van der Waals surface area contributed by atoms with Crippen LogP contribution in [-0.4, -0.2) is 19.9 Å². The molecule has 0 saturated carbocycles. The van der Waals surface area contributed by atoms with Crippen LogP contribution in [0.1, 0.15) is 35.2 Å². The number of benzene rings is 2. The lowest BCUT2D eigenvalue weighted by Gasteiger charge is -2.29. The molecule has 2 aromatic carbocycles. The van der Waals surface area contributed by atoms with Crippen molar-refractivity contribution in [2.45, 2.75) is 26.3 Å². The Morgan fingerprint density at radius 3 is 2.75 bits per heavy atom. The number of hydrogen-bond acceptors (Lipinski definition) is 4. The second-order valence-electron chi connectivity index (χ2n) is 6.12. The van der Waals surface area contributed by atoms with Gasteiger partial charge in [0.1, 0.15) is 5.75 Å². The van der Waals surface area contributed by atoms with Crippen LogP contribution >= 0.6 is 11.6 Å². The Kier molecular flexibility index (Phi) is 4.02. The van der Waals surface area contributed by atoms with Crippen molar-refractivity contribution in [3.63, 3.8) is 0 Å². The summed E-state index contributed by atoms with van der Waals surface area (Å²) in [7, 11) is 0. The van der Waals surface area contributed by atoms with Crippen molar-refractivity contribution in [2.24, 2.45) is 0 Å². The van der Waals surface area contributed by atoms with Gasteiger partial charge in [-0.1, -0.05) is 11.6 Å². The molecule has 4 rings (SSSR count). The zero-order valence-corrected chi connectivity index (χ0v) is 14.6. The van der Waals surface area contributed by atoms with Gasteiger partial charge in [0.05, 0.1) is 12.6 Å². The maximum atomic E-state index is 6.33. The number of fused-ring (bicyclic) bond motifs is 2. The van der Waals surface area contributed by atoms with Crippen LogP contribution in [0.25, 0.3) is 0 Å². The standard InChI is InChI=1S/C19H20ClNO3/c1-3-22-19-11(2)6-13(20)8-15(19)18-14-9-17-16(23-10-24-17)7-12(14)4-5-21-18/h6-9,18,21H,3-5,10H2,1-2H3. The molecular formula is C19H20ClNO3. The molecule has 0 amide bonds. The van der Waals surface area contributed by atoms with Gasteiger partial charge in [0.25, 0.3) is 0 Å². The third-order valence-corrected chi connectivity index (χ3v) is 4.77. The molecule has 1 unspecified atom stereocenters. The smallest absolute Gasteiger partial charge is 0.231 e. The van der Waals surface area contributed by atoms with Crippen molar-refractivity contribution in [2.75, 3.05) is 19.9 Å². The molecule has 2 heterocycles. The van der Waals surface area contributed by atoms with Gasteiger partial charge in [0.15, 0.2) is 11.5 Å². The number of rotatable bonds is 3. The van der Waals surface area contributed by atoms with E-state index in [2.05, 4.69) is 17.4 Å². The summed E-state index contributed by atoms with van der Waals surface area (Å²) < 4.78 is 17.0. The Morgan fingerprint density at radius 2 is 1.96 bits per heavy atom. The van der Waals surface area contributed by atoms with Gasteiger partial charge in [0.2, 0.25) is 6.79 Å². The first-order chi connectivity index (χ1) is 11.7. The molecule has 1 N–H and O–H groups in total. The first-order valence-electron chi connectivity index (χ1n) is 8.26. The van der Waals surface area contributed by atoms with Gasteiger partial charge in [-0.05, 0) is 61.2 Å². The summed E-state index contributed by atoms with van der Waals surface area (Å²) in [5.74, 6) is 2.55. The van der Waals surface area contributed by atoms with Crippen LogP contribution in [0.2, 0.25) is 5.02 Å². The molecule has 0 fully saturated rings. The minimum Gasteiger partial charge on any atom is -0.493 e. The molecule has 24 heavy (non-hydrogen) atoms. The Bertz CT molecular complexity index is 791. The highest BCUT2D eigenvalue weighted by molar-refractivity contribution is 6.30. The van der Waals surface area contributed by atoms with Crippen molar-refractivity contribution in [3.8, 4) is 17.2 Å². The fraction of sp³-hybridized carbons (Fsp3) is 0.368. The lowest BCUT2D eigenvalue weighted by atomic mass is 9.88. The summed E-state index contributed by atoms with van der Waals surface area (Å²) in [6.45, 7) is 5.84. The van der Waals surface area contributed by atoms with Crippen LogP contribution in [0.15, 0.2) is 24.3 Å². The van der Waals surface area contributed by atoms with Gasteiger partial charge >= 0.3 is 0 Å². The normalized spacial score (nSPS) is 18.4. The number of aryl methyl sites for hydroxylation is 1. The highest BCUT2D eigenvalue weighted by atomic mass is 35.5. The summed E-state index contributed by atoms with van der Waals surface area (Å²) in [6, 6.07) is 8.15. The number of halogens is 1. The van der Waals surface area contributed by atoms with Gasteiger partial charge in [-0.3, -0.25) is 0 Å². The Labute approximate surface area is 146 Å². The van der Waals surface area contributed by atoms with E-state index < -0.39 is 0 Å². The number of nitrogens with one attached hydrogen (secondary N) is 1. The topological polar surface area (TPSA) is 39.7 Å². The molecule has 5 heteroatoms. The predicted molar refractivity (Wildman–Crippen MR) is 93.5 cm³/mol. The average molecular weight is 346 g/mol. The summed E-state index contributed by atoms with van der Waals surface area (Å²) in [6.07, 6.45) is 0.964. The molecule has 2 aromatic rings. The van der Waals surface area contributed by atoms with Crippen molar-refractivity contribution in [3.05, 3.63) is 51.5 Å². The largest absolute Gasteiger partial charge is 0.493 e. The average Bonchev–Trinajstić information content (AvgIpc) is 3.02. The second-order valence-corrected chi connectivity index (χ2v) is 6.55. The molecule has 1 atom stereocenters. The van der Waals surface area contributed by atoms with Crippen molar-refractivity contribution in [1.29, 1.82) is 0 Å². The second kappa shape index (κ2) is 6.19. The molecule has 126 valence electrons. The zero-order chi connectivity index (χ0) is 16.7. The van der Waals surface area contributed by atoms with Crippen LogP contribution in [0, 0.1) is 6.92 Å². The first kappa shape index (κ1) is 15.6. The number of hydrogen-bond donors (Lipinski definition) is 1. The minimum absolute atomic E-state index is 0.0298. The molecule has 0 bridgehead atoms. The fourth-order valence-corrected chi connectivity index (χ4v) is 3.82. The van der Waals surface area contributed by atoms with Crippen molar-refractivity contribution >= 4 is 11.6 Å². The van der Waals surface area contributed by atoms with Gasteiger partial charge in [0, 0.05) is 17.1 Å². The lowest BCUT2D eigenvalue weighted by Crippen LogP contribution is -2.31. The molecule has 2 aliphatic rings. The fourth-order valence-electron chi connectivity index (χ4n) is 3.54. The summed E-state index contributed by atoms with van der Waals surface area (Å²) in [4.78, 5) is 0. The molecule has 0 aliphatic carbocycles. The Balaban J connectivity index is 1.85. The lowest BCUT2D eigenvalue weighted by molar-refractivity contribution is 0.174. The summed E-state index contributed by atoms with van der Waals surface area (Å²) >= 11 is 6.33. The minimum atomic E-state index is 0.0298. The highest BCUT2D eigenvalue weighted by Gasteiger charge is 2.28. The van der Waals surface area contributed by atoms with E-state index in [-0.39, 0.29) is 12.8 Å². The molecule has 0 saturated heterocycles. The molecule has 4 nitrogen and oxygen atoms in total. The van der Waals surface area contributed by atoms with Crippen LogP contribution in [0.3, 0.4) is 0 Å². The van der Waals surface area contributed by atoms with Crippen molar-refractivity contribution < 1.29 is 14.2 Å². The summed E-state index contributed by atoms with van der Waals surface area (Å²) in [5, 5.41) is 4.32. The highest BCUT2D eigenvalue weighted by Crippen LogP contribution is 2.42. The van der Waals surface area contributed by atoms with E-state index in [0.717, 1.165) is 46.4 Å². The van der Waals surface area contributed by atoms with Crippen LogP contribution in [0.5, 0.6) is 17.2 Å².